The molecule has 38 heavy (non-hydrogen) atoms. The van der Waals surface area contributed by atoms with E-state index in [0.717, 1.165) is 71.4 Å². The number of benzene rings is 4. The molecule has 0 amide bonds. The number of imidazole rings is 2. The summed E-state index contributed by atoms with van der Waals surface area (Å²) in [4.78, 5) is 10.0. The monoisotopic (exact) mass is 494 g/mol. The fraction of sp³-hybridized carbons (Fsp3) is 0.152. The second-order valence-corrected chi connectivity index (χ2v) is 10.3. The summed E-state index contributed by atoms with van der Waals surface area (Å²) in [7, 11) is 0. The average Bonchev–Trinajstić information content (AvgIpc) is 3.55. The fourth-order valence-corrected chi connectivity index (χ4v) is 6.00. The summed E-state index contributed by atoms with van der Waals surface area (Å²) in [6.45, 7) is 4.03. The first kappa shape index (κ1) is 21.4. The van der Waals surface area contributed by atoms with E-state index in [4.69, 9.17) is 14.7 Å². The highest BCUT2D eigenvalue weighted by molar-refractivity contribution is 5.82. The van der Waals surface area contributed by atoms with E-state index in [0.29, 0.717) is 0 Å². The summed E-state index contributed by atoms with van der Waals surface area (Å²) in [5.74, 6) is 3.68. The van der Waals surface area contributed by atoms with E-state index in [1.807, 2.05) is 6.07 Å². The molecule has 0 atom stereocenters. The van der Waals surface area contributed by atoms with E-state index in [9.17, 15) is 0 Å². The number of fused-ring (bicyclic) bond motifs is 8. The Hall–Kier alpha value is -4.64. The topological polar surface area (TPSA) is 44.9 Å². The van der Waals surface area contributed by atoms with Gasteiger partial charge >= 0.3 is 0 Å². The molecule has 4 aromatic carbocycles. The van der Waals surface area contributed by atoms with Crippen LogP contribution in [0.25, 0.3) is 45.1 Å². The molecule has 0 fully saturated rings. The Morgan fingerprint density at radius 1 is 0.684 bits per heavy atom. The highest BCUT2D eigenvalue weighted by Crippen LogP contribution is 2.38. The Morgan fingerprint density at radius 2 is 1.39 bits per heavy atom. The maximum absolute atomic E-state index is 6.45. The molecule has 2 aliphatic heterocycles. The van der Waals surface area contributed by atoms with Crippen molar-refractivity contribution >= 4 is 11.0 Å². The van der Waals surface area contributed by atoms with Gasteiger partial charge in [0, 0.05) is 36.0 Å². The van der Waals surface area contributed by atoms with Crippen molar-refractivity contribution in [2.45, 2.75) is 32.9 Å². The van der Waals surface area contributed by atoms with Crippen molar-refractivity contribution in [1.29, 1.82) is 0 Å². The molecule has 8 rings (SSSR count). The summed E-state index contributed by atoms with van der Waals surface area (Å²) >= 11 is 0. The van der Waals surface area contributed by atoms with Gasteiger partial charge in [-0.1, -0.05) is 48.5 Å². The molecule has 6 aromatic rings. The predicted molar refractivity (Wildman–Crippen MR) is 150 cm³/mol. The molecule has 5 heteroatoms. The van der Waals surface area contributed by atoms with Crippen LogP contribution in [0.15, 0.2) is 91.1 Å². The van der Waals surface area contributed by atoms with Crippen LogP contribution < -0.4 is 4.74 Å². The van der Waals surface area contributed by atoms with E-state index in [1.54, 1.807) is 0 Å². The van der Waals surface area contributed by atoms with E-state index < -0.39 is 0 Å². The Kier molecular flexibility index (Phi) is 4.62. The standard InChI is InChI=1S/C33H26N4O/c1-21-6-2-3-7-26(21)30-20-36-16-14-22-10-12-24(18-27(22)32(36)35-30)38-25-13-11-23-15-17-37-31-9-5-4-8-29(31)34-33(37)28(23)19-25/h2-13,18-20H,14-17H2,1H3. The van der Waals surface area contributed by atoms with Crippen LogP contribution in [0.5, 0.6) is 11.5 Å². The Balaban J connectivity index is 1.15. The first-order valence-electron chi connectivity index (χ1n) is 13.2. The summed E-state index contributed by atoms with van der Waals surface area (Å²) in [6.07, 6.45) is 4.17. The minimum atomic E-state index is 0.821. The fourth-order valence-electron chi connectivity index (χ4n) is 6.00. The number of ether oxygens (including phenoxy) is 1. The normalized spacial score (nSPS) is 13.5. The van der Waals surface area contributed by atoms with Crippen LogP contribution in [0.2, 0.25) is 0 Å². The van der Waals surface area contributed by atoms with Gasteiger partial charge in [0.25, 0.3) is 0 Å². The number of aryl methyl sites for hydroxylation is 5. The number of nitrogens with zero attached hydrogens (tertiary/aromatic N) is 4. The van der Waals surface area contributed by atoms with Crippen molar-refractivity contribution in [2.24, 2.45) is 0 Å². The molecule has 0 radical (unpaired) electrons. The number of hydrogen-bond acceptors (Lipinski definition) is 3. The van der Waals surface area contributed by atoms with Gasteiger partial charge in [-0.3, -0.25) is 0 Å². The van der Waals surface area contributed by atoms with Gasteiger partial charge in [0.1, 0.15) is 23.1 Å². The Bertz CT molecular complexity index is 1880. The number of para-hydroxylation sites is 2. The second kappa shape index (κ2) is 8.18. The van der Waals surface area contributed by atoms with Crippen molar-refractivity contribution in [1.82, 2.24) is 19.1 Å². The van der Waals surface area contributed by atoms with Crippen LogP contribution in [0.1, 0.15) is 16.7 Å². The van der Waals surface area contributed by atoms with Gasteiger partial charge < -0.3 is 13.9 Å². The lowest BCUT2D eigenvalue weighted by Gasteiger charge is -2.20. The van der Waals surface area contributed by atoms with Crippen LogP contribution >= 0.6 is 0 Å². The van der Waals surface area contributed by atoms with Crippen LogP contribution in [-0.4, -0.2) is 19.1 Å². The van der Waals surface area contributed by atoms with Gasteiger partial charge in [-0.15, -0.1) is 0 Å². The molecule has 5 nitrogen and oxygen atoms in total. The number of aromatic nitrogens is 4. The lowest BCUT2D eigenvalue weighted by atomic mass is 10.00. The molecule has 0 spiro atoms. The second-order valence-electron chi connectivity index (χ2n) is 10.3. The molecule has 0 unspecified atom stereocenters. The Labute approximate surface area is 221 Å². The van der Waals surface area contributed by atoms with Crippen LogP contribution in [-0.2, 0) is 25.9 Å². The average molecular weight is 495 g/mol. The highest BCUT2D eigenvalue weighted by Gasteiger charge is 2.23. The third-order valence-corrected chi connectivity index (χ3v) is 7.96. The zero-order valence-electron chi connectivity index (χ0n) is 21.2. The molecule has 0 saturated heterocycles. The van der Waals surface area contributed by atoms with E-state index in [2.05, 4.69) is 101 Å². The third-order valence-electron chi connectivity index (χ3n) is 7.96. The summed E-state index contributed by atoms with van der Waals surface area (Å²) in [5, 5.41) is 0. The van der Waals surface area contributed by atoms with Crippen molar-refractivity contribution in [3.8, 4) is 45.5 Å². The zero-order valence-corrected chi connectivity index (χ0v) is 21.2. The molecule has 0 bridgehead atoms. The molecule has 4 heterocycles. The lowest BCUT2D eigenvalue weighted by molar-refractivity contribution is 0.482. The van der Waals surface area contributed by atoms with E-state index in [1.165, 1.54) is 27.8 Å². The minimum absolute atomic E-state index is 0.821. The molecule has 0 aliphatic carbocycles. The summed E-state index contributed by atoms with van der Waals surface area (Å²) in [5.41, 5.74) is 10.6. The van der Waals surface area contributed by atoms with Crippen molar-refractivity contribution in [3.63, 3.8) is 0 Å². The van der Waals surface area contributed by atoms with Crippen molar-refractivity contribution < 1.29 is 4.74 Å². The SMILES string of the molecule is Cc1ccccc1-c1cn2c(n1)-c1cc(Oc3ccc4c(c3)-c3nc5ccccc5n3CC4)ccc1CC2. The summed E-state index contributed by atoms with van der Waals surface area (Å²) < 4.78 is 11.1. The lowest BCUT2D eigenvalue weighted by Crippen LogP contribution is -2.11. The molecular formula is C33H26N4O. The molecule has 0 saturated carbocycles. The molecule has 2 aromatic heterocycles. The zero-order chi connectivity index (χ0) is 25.2. The number of hydrogen-bond donors (Lipinski definition) is 0. The van der Waals surface area contributed by atoms with Crippen molar-refractivity contribution in [2.75, 3.05) is 0 Å². The first-order chi connectivity index (χ1) is 18.7. The predicted octanol–water partition coefficient (Wildman–Crippen LogP) is 7.45. The minimum Gasteiger partial charge on any atom is -0.457 e. The van der Waals surface area contributed by atoms with Crippen LogP contribution in [0.4, 0.5) is 0 Å². The van der Waals surface area contributed by atoms with Crippen LogP contribution in [0, 0.1) is 6.92 Å². The van der Waals surface area contributed by atoms with E-state index >= 15 is 0 Å². The smallest absolute Gasteiger partial charge is 0.141 e. The molecular weight excluding hydrogens is 468 g/mol. The maximum atomic E-state index is 6.45. The molecule has 0 N–H and O–H groups in total. The number of rotatable bonds is 3. The van der Waals surface area contributed by atoms with Crippen molar-refractivity contribution in [3.05, 3.63) is 108 Å². The maximum Gasteiger partial charge on any atom is 0.141 e. The van der Waals surface area contributed by atoms with Gasteiger partial charge in [-0.05, 0) is 72.9 Å². The summed E-state index contributed by atoms with van der Waals surface area (Å²) in [6, 6.07) is 29.6. The van der Waals surface area contributed by atoms with Gasteiger partial charge in [-0.2, -0.15) is 0 Å². The largest absolute Gasteiger partial charge is 0.457 e. The molecule has 2 aliphatic rings. The van der Waals surface area contributed by atoms with E-state index in [-0.39, 0.29) is 0 Å². The Morgan fingerprint density at radius 3 is 2.21 bits per heavy atom. The van der Waals surface area contributed by atoms with Gasteiger partial charge in [0.15, 0.2) is 0 Å². The molecule has 184 valence electrons. The van der Waals surface area contributed by atoms with Crippen LogP contribution in [0.3, 0.4) is 0 Å². The van der Waals surface area contributed by atoms with Gasteiger partial charge in [0.2, 0.25) is 0 Å². The van der Waals surface area contributed by atoms with Gasteiger partial charge in [0.05, 0.1) is 16.7 Å². The quantitative estimate of drug-likeness (QED) is 0.257. The third kappa shape index (κ3) is 3.32. The highest BCUT2D eigenvalue weighted by atomic mass is 16.5. The first-order valence-corrected chi connectivity index (χ1v) is 13.2. The van der Waals surface area contributed by atoms with Gasteiger partial charge in [-0.25, -0.2) is 9.97 Å².